The fourth-order valence-corrected chi connectivity index (χ4v) is 2.61. The van der Waals surface area contributed by atoms with Crippen molar-refractivity contribution in [2.75, 3.05) is 0 Å². The van der Waals surface area contributed by atoms with Gasteiger partial charge in [0, 0.05) is 6.42 Å². The lowest BCUT2D eigenvalue weighted by molar-refractivity contribution is 0.00544. The average Bonchev–Trinajstić information content (AvgIpc) is 2.33. The first-order chi connectivity index (χ1) is 5.87. The molecule has 0 radical (unpaired) electrons. The Kier molecular flexibility index (Phi) is 2.98. The quantitative estimate of drug-likeness (QED) is 0.610. The molecule has 13 heavy (non-hydrogen) atoms. The third-order valence-electron chi connectivity index (χ3n) is 3.70. The van der Waals surface area contributed by atoms with E-state index < -0.39 is 6.43 Å². The van der Waals surface area contributed by atoms with Crippen molar-refractivity contribution in [2.24, 2.45) is 10.8 Å². The molecule has 0 N–H and O–H groups in total. The number of hydrogen-bond donors (Lipinski definition) is 0. The molecule has 0 aromatic carbocycles. The van der Waals surface area contributed by atoms with Crippen LogP contribution in [0.15, 0.2) is 0 Å². The molecular weight excluding hydrogens is 170 g/mol. The minimum absolute atomic E-state index is 0.0277. The van der Waals surface area contributed by atoms with Crippen LogP contribution in [0.3, 0.4) is 0 Å². The van der Waals surface area contributed by atoms with E-state index >= 15 is 0 Å². The molecule has 0 aromatic heterocycles. The zero-order valence-corrected chi connectivity index (χ0v) is 8.87. The van der Waals surface area contributed by atoms with E-state index in [2.05, 4.69) is 20.8 Å². The summed E-state index contributed by atoms with van der Waals surface area (Å²) in [6.07, 6.45) is 2.18. The van der Waals surface area contributed by atoms with E-state index in [9.17, 15) is 8.78 Å². The maximum Gasteiger partial charge on any atom is 0.239 e. The van der Waals surface area contributed by atoms with Gasteiger partial charge in [0.2, 0.25) is 6.43 Å². The van der Waals surface area contributed by atoms with Crippen molar-refractivity contribution >= 4 is 0 Å². The molecular formula is C11H20F2. The van der Waals surface area contributed by atoms with Crippen LogP contribution in [-0.4, -0.2) is 6.43 Å². The van der Waals surface area contributed by atoms with E-state index in [0.29, 0.717) is 0 Å². The van der Waals surface area contributed by atoms with E-state index in [1.165, 1.54) is 0 Å². The summed E-state index contributed by atoms with van der Waals surface area (Å²) in [5, 5.41) is 0. The number of hydrogen-bond acceptors (Lipinski definition) is 0. The van der Waals surface area contributed by atoms with Crippen LogP contribution in [0.4, 0.5) is 8.78 Å². The highest BCUT2D eigenvalue weighted by molar-refractivity contribution is 4.94. The second kappa shape index (κ2) is 3.55. The van der Waals surface area contributed by atoms with Crippen molar-refractivity contribution in [1.29, 1.82) is 0 Å². The molecule has 1 fully saturated rings. The van der Waals surface area contributed by atoms with Gasteiger partial charge in [0.15, 0.2) is 0 Å². The summed E-state index contributed by atoms with van der Waals surface area (Å²) < 4.78 is 24.9. The molecule has 0 atom stereocenters. The van der Waals surface area contributed by atoms with Crippen LogP contribution in [0.5, 0.6) is 0 Å². The highest BCUT2D eigenvalue weighted by atomic mass is 19.3. The monoisotopic (exact) mass is 190 g/mol. The van der Waals surface area contributed by atoms with Gasteiger partial charge < -0.3 is 0 Å². The summed E-state index contributed by atoms with van der Waals surface area (Å²) in [5.41, 5.74) is -0.0684. The van der Waals surface area contributed by atoms with Gasteiger partial charge in [0.05, 0.1) is 0 Å². The first kappa shape index (κ1) is 10.9. The Morgan fingerprint density at radius 3 is 1.92 bits per heavy atom. The van der Waals surface area contributed by atoms with Gasteiger partial charge in [-0.1, -0.05) is 33.6 Å². The predicted octanol–water partition coefficient (Wildman–Crippen LogP) is 4.25. The van der Waals surface area contributed by atoms with Crippen LogP contribution in [0.1, 0.15) is 52.9 Å². The minimum Gasteiger partial charge on any atom is -0.211 e. The smallest absolute Gasteiger partial charge is 0.211 e. The highest BCUT2D eigenvalue weighted by Gasteiger charge is 2.45. The molecule has 0 aliphatic heterocycles. The van der Waals surface area contributed by atoms with Gasteiger partial charge in [0.1, 0.15) is 0 Å². The topological polar surface area (TPSA) is 0 Å². The molecule has 0 saturated heterocycles. The first-order valence-corrected chi connectivity index (χ1v) is 5.16. The van der Waals surface area contributed by atoms with Crippen LogP contribution in [0.25, 0.3) is 0 Å². The zero-order valence-electron chi connectivity index (χ0n) is 8.87. The second-order valence-electron chi connectivity index (χ2n) is 5.33. The van der Waals surface area contributed by atoms with Gasteiger partial charge in [-0.05, 0) is 23.7 Å². The summed E-state index contributed by atoms with van der Waals surface area (Å²) in [6, 6.07) is 0. The molecule has 0 aromatic rings. The lowest BCUT2D eigenvalue weighted by atomic mass is 9.63. The standard InChI is InChI=1S/C11H20F2/c1-10(2,3)11(8-9(12)13)6-4-5-7-11/h9H,4-8H2,1-3H3. The van der Waals surface area contributed by atoms with Crippen LogP contribution < -0.4 is 0 Å². The van der Waals surface area contributed by atoms with Crippen LogP contribution in [-0.2, 0) is 0 Å². The summed E-state index contributed by atoms with van der Waals surface area (Å²) >= 11 is 0. The van der Waals surface area contributed by atoms with Gasteiger partial charge in [0.25, 0.3) is 0 Å². The molecule has 0 nitrogen and oxygen atoms in total. The van der Waals surface area contributed by atoms with Crippen molar-refractivity contribution in [3.05, 3.63) is 0 Å². The summed E-state index contributed by atoms with van der Waals surface area (Å²) in [7, 11) is 0. The van der Waals surface area contributed by atoms with E-state index in [4.69, 9.17) is 0 Å². The van der Waals surface area contributed by atoms with Crippen LogP contribution in [0.2, 0.25) is 0 Å². The normalized spacial score (nSPS) is 22.6. The van der Waals surface area contributed by atoms with E-state index in [0.717, 1.165) is 25.7 Å². The van der Waals surface area contributed by atoms with Gasteiger partial charge in [-0.25, -0.2) is 8.78 Å². The Balaban J connectivity index is 2.75. The van der Waals surface area contributed by atoms with E-state index in [1.54, 1.807) is 0 Å². The molecule has 0 spiro atoms. The summed E-state index contributed by atoms with van der Waals surface area (Å²) in [5.74, 6) is 0. The van der Waals surface area contributed by atoms with Crippen molar-refractivity contribution in [2.45, 2.75) is 59.3 Å². The fourth-order valence-electron chi connectivity index (χ4n) is 2.61. The molecule has 0 unspecified atom stereocenters. The van der Waals surface area contributed by atoms with Gasteiger partial charge in [-0.2, -0.15) is 0 Å². The van der Waals surface area contributed by atoms with Gasteiger partial charge in [-0.15, -0.1) is 0 Å². The van der Waals surface area contributed by atoms with Gasteiger partial charge >= 0.3 is 0 Å². The lowest BCUT2D eigenvalue weighted by Gasteiger charge is -2.42. The van der Waals surface area contributed by atoms with Crippen molar-refractivity contribution in [3.63, 3.8) is 0 Å². The molecule has 1 aliphatic rings. The highest BCUT2D eigenvalue weighted by Crippen LogP contribution is 2.54. The molecule has 1 saturated carbocycles. The van der Waals surface area contributed by atoms with Crippen LogP contribution in [0, 0.1) is 10.8 Å². The predicted molar refractivity (Wildman–Crippen MR) is 51.0 cm³/mol. The van der Waals surface area contributed by atoms with Crippen molar-refractivity contribution in [3.8, 4) is 0 Å². The molecule has 2 heteroatoms. The van der Waals surface area contributed by atoms with E-state index in [-0.39, 0.29) is 17.3 Å². The molecule has 0 heterocycles. The maximum absolute atomic E-state index is 12.5. The Bertz CT molecular complexity index is 161. The third kappa shape index (κ3) is 2.21. The number of halogens is 2. The van der Waals surface area contributed by atoms with E-state index in [1.807, 2.05) is 0 Å². The largest absolute Gasteiger partial charge is 0.239 e. The Hall–Kier alpha value is -0.140. The second-order valence-corrected chi connectivity index (χ2v) is 5.33. The Morgan fingerprint density at radius 1 is 1.15 bits per heavy atom. The Morgan fingerprint density at radius 2 is 1.62 bits per heavy atom. The lowest BCUT2D eigenvalue weighted by Crippen LogP contribution is -2.34. The number of alkyl halides is 2. The molecule has 0 amide bonds. The summed E-state index contributed by atoms with van der Waals surface area (Å²) in [4.78, 5) is 0. The third-order valence-corrected chi connectivity index (χ3v) is 3.70. The summed E-state index contributed by atoms with van der Waals surface area (Å²) in [6.45, 7) is 6.29. The van der Waals surface area contributed by atoms with Crippen molar-refractivity contribution in [1.82, 2.24) is 0 Å². The molecule has 78 valence electrons. The zero-order chi connectivity index (χ0) is 10.1. The fraction of sp³-hybridized carbons (Fsp3) is 1.00. The molecule has 0 bridgehead atoms. The minimum atomic E-state index is -2.14. The Labute approximate surface area is 79.7 Å². The average molecular weight is 190 g/mol. The van der Waals surface area contributed by atoms with Crippen LogP contribution >= 0.6 is 0 Å². The van der Waals surface area contributed by atoms with Gasteiger partial charge in [-0.3, -0.25) is 0 Å². The maximum atomic E-state index is 12.5. The SMILES string of the molecule is CC(C)(C)C1(CC(F)F)CCCC1. The molecule has 1 rings (SSSR count). The van der Waals surface area contributed by atoms with Crippen molar-refractivity contribution < 1.29 is 8.78 Å². The number of rotatable bonds is 2. The first-order valence-electron chi connectivity index (χ1n) is 5.16. The molecule has 1 aliphatic carbocycles.